The van der Waals surface area contributed by atoms with Gasteiger partial charge in [0, 0.05) is 12.6 Å². The van der Waals surface area contributed by atoms with Crippen LogP contribution in [-0.2, 0) is 6.54 Å². The molecule has 4 nitrogen and oxygen atoms in total. The van der Waals surface area contributed by atoms with Crippen molar-refractivity contribution < 1.29 is 9.63 Å². The van der Waals surface area contributed by atoms with Crippen LogP contribution in [0.4, 0.5) is 0 Å². The number of hydrogen-bond acceptors (Lipinski definition) is 4. The summed E-state index contributed by atoms with van der Waals surface area (Å²) in [4.78, 5) is 0. The van der Waals surface area contributed by atoms with Crippen LogP contribution in [0.5, 0.6) is 0 Å². The molecule has 0 aliphatic rings. The number of hydrogen-bond donors (Lipinski definition) is 2. The summed E-state index contributed by atoms with van der Waals surface area (Å²) in [6.45, 7) is 6.82. The highest BCUT2D eigenvalue weighted by molar-refractivity contribution is 5.02. The third-order valence-electron chi connectivity index (χ3n) is 2.24. The molecule has 14 heavy (non-hydrogen) atoms. The Balaban J connectivity index is 2.28. The molecular weight excluding hydrogens is 180 g/mol. The normalized spacial score (nSPS) is 15.4. The molecule has 0 aliphatic heterocycles. The van der Waals surface area contributed by atoms with Crippen molar-refractivity contribution in [3.8, 4) is 0 Å². The molecule has 1 rings (SSSR count). The zero-order valence-corrected chi connectivity index (χ0v) is 9.00. The van der Waals surface area contributed by atoms with E-state index in [1.54, 1.807) is 0 Å². The minimum absolute atomic E-state index is 0.559. The number of rotatable bonds is 5. The van der Waals surface area contributed by atoms with E-state index in [1.165, 1.54) is 0 Å². The van der Waals surface area contributed by atoms with Gasteiger partial charge in [0.05, 0.1) is 17.8 Å². The first-order chi connectivity index (χ1) is 6.53. The Labute approximate surface area is 84.3 Å². The molecule has 0 saturated carbocycles. The van der Waals surface area contributed by atoms with Crippen LogP contribution < -0.4 is 5.32 Å². The van der Waals surface area contributed by atoms with Crippen LogP contribution >= 0.6 is 0 Å². The van der Waals surface area contributed by atoms with Gasteiger partial charge in [-0.15, -0.1) is 0 Å². The minimum atomic E-state index is -0.644. The van der Waals surface area contributed by atoms with Gasteiger partial charge < -0.3 is 14.9 Å². The number of aryl methyl sites for hydroxylation is 1. The van der Waals surface area contributed by atoms with Crippen molar-refractivity contribution in [3.05, 3.63) is 17.5 Å². The van der Waals surface area contributed by atoms with Crippen molar-refractivity contribution in [2.45, 2.75) is 39.3 Å². The van der Waals surface area contributed by atoms with E-state index >= 15 is 0 Å². The first-order valence-corrected chi connectivity index (χ1v) is 4.89. The van der Waals surface area contributed by atoms with Crippen molar-refractivity contribution in [2.24, 2.45) is 0 Å². The summed E-state index contributed by atoms with van der Waals surface area (Å²) < 4.78 is 5.02. The van der Waals surface area contributed by atoms with Crippen molar-refractivity contribution >= 4 is 0 Å². The average molecular weight is 198 g/mol. The molecule has 4 heteroatoms. The first kappa shape index (κ1) is 11.2. The summed E-state index contributed by atoms with van der Waals surface area (Å²) in [5, 5.41) is 16.6. The van der Waals surface area contributed by atoms with E-state index in [0.717, 1.165) is 17.9 Å². The Morgan fingerprint density at radius 1 is 1.64 bits per heavy atom. The third-order valence-corrected chi connectivity index (χ3v) is 2.24. The molecule has 1 atom stereocenters. The van der Waals surface area contributed by atoms with E-state index in [0.29, 0.717) is 13.1 Å². The van der Waals surface area contributed by atoms with Crippen LogP contribution in [0.25, 0.3) is 0 Å². The van der Waals surface area contributed by atoms with Gasteiger partial charge in [0.25, 0.3) is 0 Å². The van der Waals surface area contributed by atoms with Crippen molar-refractivity contribution in [3.63, 3.8) is 0 Å². The predicted molar refractivity (Wildman–Crippen MR) is 53.9 cm³/mol. The van der Waals surface area contributed by atoms with E-state index in [2.05, 4.69) is 10.5 Å². The monoisotopic (exact) mass is 198 g/mol. The van der Waals surface area contributed by atoms with E-state index in [4.69, 9.17) is 4.52 Å². The average Bonchev–Trinajstić information content (AvgIpc) is 2.51. The van der Waals surface area contributed by atoms with E-state index < -0.39 is 5.60 Å². The second-order valence-electron chi connectivity index (χ2n) is 3.89. The van der Waals surface area contributed by atoms with E-state index in [9.17, 15) is 5.11 Å². The highest BCUT2D eigenvalue weighted by Crippen LogP contribution is 2.07. The maximum atomic E-state index is 9.70. The summed E-state index contributed by atoms with van der Waals surface area (Å²) >= 11 is 0. The number of nitrogens with zero attached hydrogens (tertiary/aromatic N) is 1. The molecule has 1 unspecified atom stereocenters. The number of aliphatic hydroxyl groups is 1. The van der Waals surface area contributed by atoms with E-state index in [-0.39, 0.29) is 0 Å². The summed E-state index contributed by atoms with van der Waals surface area (Å²) in [5.74, 6) is 0.800. The van der Waals surface area contributed by atoms with Gasteiger partial charge in [-0.3, -0.25) is 0 Å². The summed E-state index contributed by atoms with van der Waals surface area (Å²) in [7, 11) is 0. The zero-order valence-electron chi connectivity index (χ0n) is 9.00. The van der Waals surface area contributed by atoms with Gasteiger partial charge in [-0.25, -0.2) is 0 Å². The van der Waals surface area contributed by atoms with Crippen LogP contribution in [0, 0.1) is 6.92 Å². The molecule has 0 fully saturated rings. The number of aromatic nitrogens is 1. The van der Waals surface area contributed by atoms with Gasteiger partial charge in [-0.2, -0.15) is 0 Å². The molecule has 1 aromatic heterocycles. The lowest BCUT2D eigenvalue weighted by molar-refractivity contribution is 0.0550. The molecule has 0 saturated heterocycles. The Hall–Kier alpha value is -0.870. The van der Waals surface area contributed by atoms with Crippen molar-refractivity contribution in [1.82, 2.24) is 10.5 Å². The van der Waals surface area contributed by atoms with E-state index in [1.807, 2.05) is 26.8 Å². The first-order valence-electron chi connectivity index (χ1n) is 4.89. The summed E-state index contributed by atoms with van der Waals surface area (Å²) in [6.07, 6.45) is 0.732. The highest BCUT2D eigenvalue weighted by Gasteiger charge is 2.16. The zero-order chi connectivity index (χ0) is 10.6. The van der Waals surface area contributed by atoms with Crippen LogP contribution in [0.2, 0.25) is 0 Å². The van der Waals surface area contributed by atoms with Gasteiger partial charge >= 0.3 is 0 Å². The molecule has 80 valence electrons. The SMILES string of the molecule is CCC(C)(O)CNCc1cc(C)no1. The van der Waals surface area contributed by atoms with Crippen LogP contribution in [-0.4, -0.2) is 22.4 Å². The minimum Gasteiger partial charge on any atom is -0.389 e. The Morgan fingerprint density at radius 3 is 2.86 bits per heavy atom. The lowest BCUT2D eigenvalue weighted by Gasteiger charge is -2.21. The molecule has 2 N–H and O–H groups in total. The standard InChI is InChI=1S/C10H18N2O2/c1-4-10(3,13)7-11-6-9-5-8(2)12-14-9/h5,11,13H,4,6-7H2,1-3H3. The van der Waals surface area contributed by atoms with Crippen LogP contribution in [0.15, 0.2) is 10.6 Å². The Kier molecular flexibility index (Phi) is 3.66. The maximum Gasteiger partial charge on any atom is 0.150 e. The topological polar surface area (TPSA) is 58.3 Å². The fourth-order valence-corrected chi connectivity index (χ4v) is 1.08. The lowest BCUT2D eigenvalue weighted by Crippen LogP contribution is -2.36. The van der Waals surface area contributed by atoms with Crippen molar-refractivity contribution in [2.75, 3.05) is 6.54 Å². The highest BCUT2D eigenvalue weighted by atomic mass is 16.5. The molecule has 1 aromatic rings. The van der Waals surface area contributed by atoms with Crippen LogP contribution in [0.3, 0.4) is 0 Å². The largest absolute Gasteiger partial charge is 0.389 e. The summed E-state index contributed by atoms with van der Waals surface area (Å²) in [5.41, 5.74) is 0.235. The molecule has 0 spiro atoms. The van der Waals surface area contributed by atoms with Gasteiger partial charge in [-0.1, -0.05) is 12.1 Å². The van der Waals surface area contributed by atoms with Gasteiger partial charge in [-0.05, 0) is 20.3 Å². The summed E-state index contributed by atoms with van der Waals surface area (Å²) in [6, 6.07) is 1.88. The maximum absolute atomic E-state index is 9.70. The molecule has 0 radical (unpaired) electrons. The fraction of sp³-hybridized carbons (Fsp3) is 0.700. The quantitative estimate of drug-likeness (QED) is 0.747. The molecule has 0 aliphatic carbocycles. The third kappa shape index (κ3) is 3.47. The van der Waals surface area contributed by atoms with Crippen molar-refractivity contribution in [1.29, 1.82) is 0 Å². The molecule has 1 heterocycles. The molecule has 0 amide bonds. The van der Waals surface area contributed by atoms with Gasteiger partial charge in [0.1, 0.15) is 0 Å². The second kappa shape index (κ2) is 4.57. The Bertz CT molecular complexity index is 281. The second-order valence-corrected chi connectivity index (χ2v) is 3.89. The lowest BCUT2D eigenvalue weighted by atomic mass is 10.0. The van der Waals surface area contributed by atoms with Gasteiger partial charge in [0.15, 0.2) is 5.76 Å². The smallest absolute Gasteiger partial charge is 0.150 e. The predicted octanol–water partition coefficient (Wildman–Crippen LogP) is 1.23. The fourth-order valence-electron chi connectivity index (χ4n) is 1.08. The number of nitrogens with one attached hydrogen (secondary N) is 1. The van der Waals surface area contributed by atoms with Crippen LogP contribution in [0.1, 0.15) is 31.7 Å². The Morgan fingerprint density at radius 2 is 2.36 bits per heavy atom. The van der Waals surface area contributed by atoms with Gasteiger partial charge in [0.2, 0.25) is 0 Å². The molecule has 0 aromatic carbocycles. The molecule has 0 bridgehead atoms. The molecular formula is C10H18N2O2.